The number of benzene rings is 4. The fraction of sp³-hybridized carbons (Fsp3) is 0.125. The van der Waals surface area contributed by atoms with Crippen molar-refractivity contribution in [2.45, 2.75) is 12.1 Å². The van der Waals surface area contributed by atoms with Crippen LogP contribution in [0.5, 0.6) is 5.75 Å². The van der Waals surface area contributed by atoms with Gasteiger partial charge in [0.25, 0.3) is 0 Å². The molecule has 0 bridgehead atoms. The van der Waals surface area contributed by atoms with Gasteiger partial charge in [-0.1, -0.05) is 57.8 Å². The summed E-state index contributed by atoms with van der Waals surface area (Å²) in [6.45, 7) is 1.54. The fourth-order valence-corrected chi connectivity index (χ4v) is 3.37. The van der Waals surface area contributed by atoms with Gasteiger partial charge >= 0.3 is 7.32 Å². The molecule has 8 heteroatoms. The summed E-state index contributed by atoms with van der Waals surface area (Å²) in [5, 5.41) is 48.6. The minimum absolute atomic E-state index is 0.466. The molecule has 0 radical (unpaired) electrons. The van der Waals surface area contributed by atoms with Crippen molar-refractivity contribution in [3.05, 3.63) is 66.7 Å². The SMILES string of the molecule is CC(C#N)C(P)(C#N)C#N.OB(O)Oc1cccc2ccc3cc4ccccc4cc3c12. The van der Waals surface area contributed by atoms with E-state index in [1.165, 1.54) is 5.39 Å². The molecule has 32 heavy (non-hydrogen) atoms. The molecule has 2 atom stereocenters. The van der Waals surface area contributed by atoms with Crippen LogP contribution in [0, 0.1) is 39.9 Å². The lowest BCUT2D eigenvalue weighted by Gasteiger charge is -2.12. The molecular weight excluding hydrogens is 420 g/mol. The molecule has 2 unspecified atom stereocenters. The van der Waals surface area contributed by atoms with Crippen LogP contribution in [0.4, 0.5) is 0 Å². The average molecular weight is 439 g/mol. The van der Waals surface area contributed by atoms with Crippen molar-refractivity contribution < 1.29 is 14.7 Å². The molecule has 0 spiro atoms. The van der Waals surface area contributed by atoms with Crippen LogP contribution in [0.2, 0.25) is 0 Å². The number of hydrogen-bond donors (Lipinski definition) is 2. The highest BCUT2D eigenvalue weighted by Gasteiger charge is 2.31. The molecule has 0 aliphatic heterocycles. The van der Waals surface area contributed by atoms with Gasteiger partial charge in [-0.15, -0.1) is 0 Å². The Balaban J connectivity index is 0.000000247. The van der Waals surface area contributed by atoms with E-state index in [-0.39, 0.29) is 0 Å². The predicted octanol–water partition coefficient (Wildman–Crippen LogP) is 4.30. The molecule has 0 aliphatic rings. The summed E-state index contributed by atoms with van der Waals surface area (Å²) >= 11 is 0. The molecule has 0 aromatic heterocycles. The van der Waals surface area contributed by atoms with Gasteiger partial charge in [-0.05, 0) is 52.1 Å². The third kappa shape index (κ3) is 4.65. The third-order valence-corrected chi connectivity index (χ3v) is 5.93. The van der Waals surface area contributed by atoms with E-state index in [2.05, 4.69) is 39.6 Å². The van der Waals surface area contributed by atoms with Crippen LogP contribution in [0.1, 0.15) is 6.92 Å². The molecule has 0 amide bonds. The summed E-state index contributed by atoms with van der Waals surface area (Å²) in [6.07, 6.45) is 0. The molecule has 0 aliphatic carbocycles. The van der Waals surface area contributed by atoms with E-state index in [0.29, 0.717) is 5.75 Å². The van der Waals surface area contributed by atoms with Crippen molar-refractivity contribution in [3.8, 4) is 24.0 Å². The van der Waals surface area contributed by atoms with Crippen molar-refractivity contribution in [2.24, 2.45) is 5.92 Å². The maximum atomic E-state index is 9.14. The summed E-state index contributed by atoms with van der Waals surface area (Å²) < 4.78 is 5.16. The molecule has 6 nitrogen and oxygen atoms in total. The van der Waals surface area contributed by atoms with Gasteiger partial charge in [0.1, 0.15) is 5.75 Å². The Morgan fingerprint density at radius 1 is 0.875 bits per heavy atom. The Labute approximate surface area is 188 Å². The summed E-state index contributed by atoms with van der Waals surface area (Å²) in [6, 6.07) is 27.4. The normalized spacial score (nSPS) is 11.5. The molecule has 4 aromatic carbocycles. The lowest BCUT2D eigenvalue weighted by molar-refractivity contribution is 0.289. The van der Waals surface area contributed by atoms with Gasteiger partial charge in [0.05, 0.1) is 24.1 Å². The molecule has 4 aromatic rings. The van der Waals surface area contributed by atoms with E-state index in [9.17, 15) is 0 Å². The lowest BCUT2D eigenvalue weighted by Crippen LogP contribution is -2.23. The van der Waals surface area contributed by atoms with E-state index >= 15 is 0 Å². The van der Waals surface area contributed by atoms with Crippen LogP contribution < -0.4 is 4.65 Å². The minimum atomic E-state index is -1.83. The summed E-state index contributed by atoms with van der Waals surface area (Å²) in [7, 11) is 0.252. The Morgan fingerprint density at radius 2 is 1.47 bits per heavy atom. The zero-order valence-corrected chi connectivity index (χ0v) is 18.4. The van der Waals surface area contributed by atoms with Gasteiger partial charge in [0.2, 0.25) is 0 Å². The zero-order chi connectivity index (χ0) is 23.3. The second-order valence-electron chi connectivity index (χ2n) is 7.23. The Morgan fingerprint density at radius 3 is 2.03 bits per heavy atom. The summed E-state index contributed by atoms with van der Waals surface area (Å²) in [4.78, 5) is 0. The van der Waals surface area contributed by atoms with Crippen LogP contribution in [-0.4, -0.2) is 22.5 Å². The molecule has 0 heterocycles. The highest BCUT2D eigenvalue weighted by atomic mass is 31.0. The van der Waals surface area contributed by atoms with Crippen molar-refractivity contribution in [2.75, 3.05) is 0 Å². The molecule has 0 saturated carbocycles. The van der Waals surface area contributed by atoms with Gasteiger partial charge in [-0.3, -0.25) is 0 Å². The van der Waals surface area contributed by atoms with Crippen LogP contribution >= 0.6 is 9.24 Å². The first-order valence-corrected chi connectivity index (χ1v) is 10.3. The van der Waals surface area contributed by atoms with E-state index in [1.54, 1.807) is 25.1 Å². The fourth-order valence-electron chi connectivity index (χ4n) is 3.30. The first-order chi connectivity index (χ1) is 15.3. The van der Waals surface area contributed by atoms with Crippen molar-refractivity contribution >= 4 is 48.9 Å². The number of nitrogens with zero attached hydrogens (tertiary/aromatic N) is 3. The minimum Gasteiger partial charge on any atom is -0.511 e. The second-order valence-corrected chi connectivity index (χ2v) is 8.14. The summed E-state index contributed by atoms with van der Waals surface area (Å²) in [5.41, 5.74) is 0. The predicted molar refractivity (Wildman–Crippen MR) is 128 cm³/mol. The zero-order valence-electron chi connectivity index (χ0n) is 17.2. The maximum absolute atomic E-state index is 9.14. The highest BCUT2D eigenvalue weighted by Crippen LogP contribution is 2.35. The second kappa shape index (κ2) is 9.65. The third-order valence-electron chi connectivity index (χ3n) is 5.17. The van der Waals surface area contributed by atoms with Crippen molar-refractivity contribution in [1.29, 1.82) is 15.8 Å². The topological polar surface area (TPSA) is 121 Å². The first-order valence-electron chi connectivity index (χ1n) is 9.71. The van der Waals surface area contributed by atoms with E-state index in [0.717, 1.165) is 26.9 Å². The number of fused-ring (bicyclic) bond motifs is 4. The van der Waals surface area contributed by atoms with Gasteiger partial charge in [-0.2, -0.15) is 15.8 Å². The molecule has 2 N–H and O–H groups in total. The van der Waals surface area contributed by atoms with Gasteiger partial charge in [0.15, 0.2) is 5.16 Å². The van der Waals surface area contributed by atoms with Crippen LogP contribution in [0.15, 0.2) is 66.7 Å². The number of hydrogen-bond acceptors (Lipinski definition) is 6. The Bertz CT molecular complexity index is 1410. The lowest BCUT2D eigenvalue weighted by atomic mass is 9.97. The maximum Gasteiger partial charge on any atom is 0.707 e. The molecule has 4 rings (SSSR count). The standard InChI is InChI=1S/C18H13BO3.C6H6N3P/c20-19(21)22-17-7-3-6-12-8-9-15-10-13-4-1-2-5-14(13)11-16(15)18(12)17;1-5(2-7)6(10,3-8)4-9/h1-11,20-21H;5H,10H2,1H3. The van der Waals surface area contributed by atoms with Gasteiger partial charge in [-0.25, -0.2) is 0 Å². The monoisotopic (exact) mass is 439 g/mol. The average Bonchev–Trinajstić information content (AvgIpc) is 2.81. The quantitative estimate of drug-likeness (QED) is 0.213. The largest absolute Gasteiger partial charge is 0.707 e. The Kier molecular flexibility index (Phi) is 6.94. The number of rotatable bonds is 3. The molecule has 0 fully saturated rings. The van der Waals surface area contributed by atoms with Gasteiger partial charge in [0, 0.05) is 5.39 Å². The van der Waals surface area contributed by atoms with E-state index in [4.69, 9.17) is 30.5 Å². The van der Waals surface area contributed by atoms with Crippen molar-refractivity contribution in [3.63, 3.8) is 0 Å². The van der Waals surface area contributed by atoms with E-state index in [1.807, 2.05) is 36.4 Å². The van der Waals surface area contributed by atoms with Gasteiger partial charge < -0.3 is 14.7 Å². The van der Waals surface area contributed by atoms with E-state index < -0.39 is 18.4 Å². The van der Waals surface area contributed by atoms with Crippen molar-refractivity contribution in [1.82, 2.24) is 0 Å². The van der Waals surface area contributed by atoms with Crippen LogP contribution in [0.3, 0.4) is 0 Å². The summed E-state index contributed by atoms with van der Waals surface area (Å²) in [5.74, 6) is -0.110. The molecular formula is C24H19BN3O3P. The highest BCUT2D eigenvalue weighted by molar-refractivity contribution is 7.20. The van der Waals surface area contributed by atoms with Crippen LogP contribution in [-0.2, 0) is 0 Å². The van der Waals surface area contributed by atoms with Crippen LogP contribution in [0.25, 0.3) is 32.3 Å². The number of nitriles is 3. The molecule has 0 saturated heterocycles. The first kappa shape index (κ1) is 23.0. The molecule has 156 valence electrons. The Hall–Kier alpha value is -3.66. The smallest absolute Gasteiger partial charge is 0.511 e.